The Morgan fingerprint density at radius 1 is 0.850 bits per heavy atom. The van der Waals surface area contributed by atoms with E-state index in [-0.39, 0.29) is 0 Å². The molecule has 4 rings (SSSR count). The van der Waals surface area contributed by atoms with Crippen molar-refractivity contribution in [2.75, 3.05) is 0 Å². The highest BCUT2D eigenvalue weighted by Gasteiger charge is 2.22. The highest BCUT2D eigenvalue weighted by atomic mass is 33.1. The van der Waals surface area contributed by atoms with Gasteiger partial charge in [-0.05, 0) is 23.6 Å². The van der Waals surface area contributed by atoms with E-state index in [9.17, 15) is 0 Å². The second kappa shape index (κ2) is 4.96. The van der Waals surface area contributed by atoms with Crippen molar-refractivity contribution in [3.8, 4) is 5.75 Å². The van der Waals surface area contributed by atoms with E-state index in [2.05, 4.69) is 23.6 Å². The fraction of sp³-hybridized carbons (Fsp3) is 0. The summed E-state index contributed by atoms with van der Waals surface area (Å²) in [6, 6.07) is 16.2. The third-order valence-electron chi connectivity index (χ3n) is 3.17. The van der Waals surface area contributed by atoms with Crippen LogP contribution in [-0.2, 0) is 4.89 Å². The van der Waals surface area contributed by atoms with Gasteiger partial charge in [0.15, 0.2) is 11.5 Å². The van der Waals surface area contributed by atoms with Crippen LogP contribution in [0.25, 0.3) is 11.6 Å². The topological polar surface area (TPSA) is 18.5 Å². The monoisotopic (exact) mass is 298 g/mol. The Balaban J connectivity index is 1.80. The molecule has 2 aliphatic rings. The van der Waals surface area contributed by atoms with Crippen LogP contribution < -0.4 is 4.89 Å². The molecule has 0 saturated carbocycles. The number of hydrogen-bond acceptors (Lipinski definition) is 4. The van der Waals surface area contributed by atoms with Crippen LogP contribution in [0.4, 0.5) is 0 Å². The van der Waals surface area contributed by atoms with Gasteiger partial charge in [-0.25, -0.2) is 0 Å². The number of allylic oxidation sites excluding steroid dienone is 1. The molecule has 2 aromatic rings. The summed E-state index contributed by atoms with van der Waals surface area (Å²) in [5.74, 6) is 1.51. The standard InChI is InChI=1S/C16H10O2S2/c1-3-7-14-11(5-1)9-15(18-17-14)13-10-19-20-16-8-4-2-6-12(13)16/h1-10H. The van der Waals surface area contributed by atoms with E-state index < -0.39 is 0 Å². The third kappa shape index (κ3) is 2.01. The maximum Gasteiger partial charge on any atom is 0.187 e. The van der Waals surface area contributed by atoms with Crippen LogP contribution in [0.3, 0.4) is 0 Å². The minimum atomic E-state index is 0.753. The van der Waals surface area contributed by atoms with Crippen LogP contribution in [0.5, 0.6) is 5.75 Å². The smallest absolute Gasteiger partial charge is 0.187 e. The van der Waals surface area contributed by atoms with Crippen LogP contribution in [0.15, 0.2) is 64.6 Å². The summed E-state index contributed by atoms with van der Waals surface area (Å²) >= 11 is 0. The molecule has 2 nitrogen and oxygen atoms in total. The number of para-hydroxylation sites is 1. The zero-order chi connectivity index (χ0) is 13.4. The molecule has 0 atom stereocenters. The van der Waals surface area contributed by atoms with Crippen molar-refractivity contribution in [1.82, 2.24) is 0 Å². The molecule has 2 aromatic carbocycles. The Hall–Kier alpha value is -1.78. The molecule has 98 valence electrons. The Kier molecular flexibility index (Phi) is 2.98. The fourth-order valence-corrected chi connectivity index (χ4v) is 4.27. The summed E-state index contributed by atoms with van der Waals surface area (Å²) in [5.41, 5.74) is 3.29. The predicted molar refractivity (Wildman–Crippen MR) is 84.0 cm³/mol. The van der Waals surface area contributed by atoms with E-state index in [0.717, 1.165) is 22.6 Å². The van der Waals surface area contributed by atoms with Gasteiger partial charge in [-0.3, -0.25) is 9.78 Å². The molecule has 0 N–H and O–H groups in total. The number of benzene rings is 2. The first-order chi connectivity index (χ1) is 9.92. The molecule has 0 aromatic heterocycles. The molecule has 4 heteroatoms. The summed E-state index contributed by atoms with van der Waals surface area (Å²) in [6.45, 7) is 0. The number of fused-ring (bicyclic) bond motifs is 2. The van der Waals surface area contributed by atoms with Crippen LogP contribution in [0.1, 0.15) is 11.1 Å². The van der Waals surface area contributed by atoms with Crippen molar-refractivity contribution >= 4 is 33.2 Å². The third-order valence-corrected chi connectivity index (χ3v) is 5.25. The minimum Gasteiger partial charge on any atom is -0.289 e. The summed E-state index contributed by atoms with van der Waals surface area (Å²) in [5, 5.41) is 2.11. The highest BCUT2D eigenvalue weighted by Crippen LogP contribution is 2.46. The first-order valence-corrected chi connectivity index (χ1v) is 8.42. The quantitative estimate of drug-likeness (QED) is 0.535. The van der Waals surface area contributed by atoms with Gasteiger partial charge in [-0.2, -0.15) is 0 Å². The summed E-state index contributed by atoms with van der Waals surface area (Å²) in [4.78, 5) is 12.1. The SMILES string of the molecule is C1=C(C2=CSSc3ccccc32)OOc2ccccc21. The van der Waals surface area contributed by atoms with Crippen LogP contribution >= 0.6 is 21.6 Å². The molecule has 2 heterocycles. The Bertz CT molecular complexity index is 735. The Morgan fingerprint density at radius 2 is 1.70 bits per heavy atom. The lowest BCUT2D eigenvalue weighted by molar-refractivity contribution is -0.161. The minimum absolute atomic E-state index is 0.753. The normalized spacial score (nSPS) is 16.0. The van der Waals surface area contributed by atoms with Crippen molar-refractivity contribution in [3.05, 3.63) is 70.8 Å². The van der Waals surface area contributed by atoms with E-state index in [4.69, 9.17) is 9.78 Å². The van der Waals surface area contributed by atoms with Crippen LogP contribution in [0.2, 0.25) is 0 Å². The molecule has 0 unspecified atom stereocenters. The first kappa shape index (κ1) is 12.0. The Labute approximate surface area is 124 Å². The van der Waals surface area contributed by atoms with Crippen LogP contribution in [0, 0.1) is 0 Å². The average Bonchev–Trinajstić information content (AvgIpc) is 2.54. The molecule has 0 spiro atoms. The zero-order valence-electron chi connectivity index (χ0n) is 10.4. The molecule has 0 amide bonds. The average molecular weight is 298 g/mol. The van der Waals surface area contributed by atoms with Crippen molar-refractivity contribution in [3.63, 3.8) is 0 Å². The van der Waals surface area contributed by atoms with E-state index in [1.54, 1.807) is 21.6 Å². The second-order valence-corrected chi connectivity index (χ2v) is 6.53. The van der Waals surface area contributed by atoms with Gasteiger partial charge in [0.1, 0.15) is 0 Å². The van der Waals surface area contributed by atoms with E-state index in [0.29, 0.717) is 0 Å². The van der Waals surface area contributed by atoms with E-state index >= 15 is 0 Å². The van der Waals surface area contributed by atoms with Crippen molar-refractivity contribution < 1.29 is 9.78 Å². The van der Waals surface area contributed by atoms with Gasteiger partial charge in [0.05, 0.1) is 0 Å². The number of hydrogen-bond donors (Lipinski definition) is 0. The molecule has 0 radical (unpaired) electrons. The molecule has 0 saturated heterocycles. The molecule has 2 aliphatic heterocycles. The molecule has 0 bridgehead atoms. The van der Waals surface area contributed by atoms with E-state index in [1.807, 2.05) is 36.4 Å². The van der Waals surface area contributed by atoms with Gasteiger partial charge in [0, 0.05) is 21.6 Å². The predicted octanol–water partition coefficient (Wildman–Crippen LogP) is 5.15. The largest absolute Gasteiger partial charge is 0.289 e. The highest BCUT2D eigenvalue weighted by molar-refractivity contribution is 8.78. The van der Waals surface area contributed by atoms with Gasteiger partial charge in [-0.15, -0.1) is 0 Å². The lowest BCUT2D eigenvalue weighted by atomic mass is 10.0. The second-order valence-electron chi connectivity index (χ2n) is 4.42. The Morgan fingerprint density at radius 3 is 2.70 bits per heavy atom. The van der Waals surface area contributed by atoms with Crippen molar-refractivity contribution in [1.29, 1.82) is 0 Å². The zero-order valence-corrected chi connectivity index (χ0v) is 12.0. The number of rotatable bonds is 1. The molecule has 20 heavy (non-hydrogen) atoms. The molecular formula is C16H10O2S2. The molecular weight excluding hydrogens is 288 g/mol. The van der Waals surface area contributed by atoms with Crippen molar-refractivity contribution in [2.45, 2.75) is 4.90 Å². The van der Waals surface area contributed by atoms with Gasteiger partial charge < -0.3 is 0 Å². The lowest BCUT2D eigenvalue weighted by Crippen LogP contribution is -2.07. The maximum atomic E-state index is 5.47. The molecule has 0 aliphatic carbocycles. The molecule has 0 fully saturated rings. The summed E-state index contributed by atoms with van der Waals surface area (Å²) in [7, 11) is 3.46. The van der Waals surface area contributed by atoms with E-state index in [1.165, 1.54) is 10.5 Å². The fourth-order valence-electron chi connectivity index (χ4n) is 2.19. The van der Waals surface area contributed by atoms with Crippen LogP contribution in [-0.4, -0.2) is 0 Å². The van der Waals surface area contributed by atoms with Crippen molar-refractivity contribution in [2.24, 2.45) is 0 Å². The lowest BCUT2D eigenvalue weighted by Gasteiger charge is -2.21. The van der Waals surface area contributed by atoms with Gasteiger partial charge in [0.2, 0.25) is 0 Å². The van der Waals surface area contributed by atoms with Gasteiger partial charge >= 0.3 is 0 Å². The summed E-state index contributed by atoms with van der Waals surface area (Å²) in [6.07, 6.45) is 2.03. The summed E-state index contributed by atoms with van der Waals surface area (Å²) < 4.78 is 0. The maximum absolute atomic E-state index is 5.47. The first-order valence-electron chi connectivity index (χ1n) is 6.20. The van der Waals surface area contributed by atoms with Gasteiger partial charge in [-0.1, -0.05) is 58.0 Å². The van der Waals surface area contributed by atoms with Gasteiger partial charge in [0.25, 0.3) is 0 Å².